The third kappa shape index (κ3) is 4.77. The number of phenols is 2. The maximum atomic E-state index is 10.0. The summed E-state index contributed by atoms with van der Waals surface area (Å²) in [4.78, 5) is 0. The highest BCUT2D eigenvalue weighted by atomic mass is 16.3. The van der Waals surface area contributed by atoms with E-state index < -0.39 is 6.10 Å². The number of nitrogens with one attached hydrogen (secondary N) is 1. The summed E-state index contributed by atoms with van der Waals surface area (Å²) in [6.07, 6.45) is 0.969. The first-order valence-electron chi connectivity index (χ1n) is 7.11. The minimum atomic E-state index is -0.448. The fraction of sp³-hybridized carbons (Fsp3) is 0.294. The van der Waals surface area contributed by atoms with Gasteiger partial charge >= 0.3 is 0 Å². The van der Waals surface area contributed by atoms with Crippen LogP contribution in [0.25, 0.3) is 0 Å². The Morgan fingerprint density at radius 3 is 2.38 bits per heavy atom. The predicted molar refractivity (Wildman–Crippen MR) is 82.4 cm³/mol. The van der Waals surface area contributed by atoms with Crippen LogP contribution in [-0.2, 0) is 6.42 Å². The van der Waals surface area contributed by atoms with Crippen LogP contribution in [0.1, 0.15) is 23.7 Å². The van der Waals surface area contributed by atoms with Gasteiger partial charge in [-0.3, -0.25) is 0 Å². The average molecular weight is 287 g/mol. The van der Waals surface area contributed by atoms with E-state index in [1.54, 1.807) is 12.1 Å². The molecule has 4 N–H and O–H groups in total. The van der Waals surface area contributed by atoms with Crippen molar-refractivity contribution in [1.29, 1.82) is 0 Å². The van der Waals surface area contributed by atoms with Crippen molar-refractivity contribution >= 4 is 0 Å². The van der Waals surface area contributed by atoms with Gasteiger partial charge in [0.1, 0.15) is 0 Å². The molecule has 4 nitrogen and oxygen atoms in total. The van der Waals surface area contributed by atoms with Crippen LogP contribution in [0.3, 0.4) is 0 Å². The molecule has 0 bridgehead atoms. The van der Waals surface area contributed by atoms with Crippen LogP contribution in [0, 0.1) is 0 Å². The summed E-state index contributed by atoms with van der Waals surface area (Å²) >= 11 is 0. The van der Waals surface area contributed by atoms with Gasteiger partial charge in [-0.15, -0.1) is 0 Å². The topological polar surface area (TPSA) is 72.7 Å². The molecule has 2 rings (SSSR count). The van der Waals surface area contributed by atoms with Gasteiger partial charge in [-0.05, 0) is 49.2 Å². The van der Waals surface area contributed by atoms with E-state index in [0.29, 0.717) is 6.42 Å². The van der Waals surface area contributed by atoms with Crippen molar-refractivity contribution in [2.75, 3.05) is 13.1 Å². The molecule has 2 aromatic carbocycles. The van der Waals surface area contributed by atoms with Crippen LogP contribution < -0.4 is 5.32 Å². The lowest BCUT2D eigenvalue weighted by atomic mass is 10.1. The normalized spacial score (nSPS) is 12.2. The van der Waals surface area contributed by atoms with Crippen molar-refractivity contribution in [3.63, 3.8) is 0 Å². The molecule has 0 saturated carbocycles. The molecule has 0 spiro atoms. The van der Waals surface area contributed by atoms with Crippen LogP contribution in [0.15, 0.2) is 48.5 Å². The van der Waals surface area contributed by atoms with Crippen LogP contribution in [0.5, 0.6) is 11.5 Å². The second kappa shape index (κ2) is 7.67. The fourth-order valence-corrected chi connectivity index (χ4v) is 2.16. The largest absolute Gasteiger partial charge is 0.504 e. The molecule has 4 heteroatoms. The summed E-state index contributed by atoms with van der Waals surface area (Å²) in [5, 5.41) is 31.9. The fourth-order valence-electron chi connectivity index (χ4n) is 2.16. The first-order valence-corrected chi connectivity index (χ1v) is 7.11. The van der Waals surface area contributed by atoms with E-state index in [1.165, 1.54) is 6.07 Å². The van der Waals surface area contributed by atoms with Crippen LogP contribution in [0.4, 0.5) is 0 Å². The minimum Gasteiger partial charge on any atom is -0.504 e. The SMILES string of the molecule is Oc1ccc(CCNCCC(O)c2ccccc2)cc1O. The quantitative estimate of drug-likeness (QED) is 0.466. The van der Waals surface area contributed by atoms with E-state index >= 15 is 0 Å². The van der Waals surface area contributed by atoms with E-state index in [1.807, 2.05) is 30.3 Å². The summed E-state index contributed by atoms with van der Waals surface area (Å²) in [5.74, 6) is -0.190. The molecular weight excluding hydrogens is 266 g/mol. The molecule has 1 unspecified atom stereocenters. The molecule has 21 heavy (non-hydrogen) atoms. The summed E-state index contributed by atoms with van der Waals surface area (Å²) in [7, 11) is 0. The lowest BCUT2D eigenvalue weighted by molar-refractivity contribution is 0.167. The summed E-state index contributed by atoms with van der Waals surface area (Å²) in [5.41, 5.74) is 1.89. The third-order valence-electron chi connectivity index (χ3n) is 3.41. The molecule has 0 radical (unpaired) electrons. The van der Waals surface area contributed by atoms with Gasteiger partial charge in [0.05, 0.1) is 6.10 Å². The van der Waals surface area contributed by atoms with E-state index in [2.05, 4.69) is 5.32 Å². The van der Waals surface area contributed by atoms with Crippen molar-refractivity contribution in [2.45, 2.75) is 18.9 Å². The molecule has 2 aromatic rings. The van der Waals surface area contributed by atoms with E-state index in [9.17, 15) is 15.3 Å². The summed E-state index contributed by atoms with van der Waals surface area (Å²) in [6, 6.07) is 14.5. The molecular formula is C17H21NO3. The van der Waals surface area contributed by atoms with Gasteiger partial charge in [-0.1, -0.05) is 36.4 Å². The lowest BCUT2D eigenvalue weighted by Crippen LogP contribution is -2.20. The van der Waals surface area contributed by atoms with Gasteiger partial charge in [-0.25, -0.2) is 0 Å². The van der Waals surface area contributed by atoms with Gasteiger partial charge in [-0.2, -0.15) is 0 Å². The number of aromatic hydroxyl groups is 2. The Hall–Kier alpha value is -2.04. The van der Waals surface area contributed by atoms with E-state index in [0.717, 1.165) is 30.6 Å². The molecule has 0 heterocycles. The molecule has 0 aliphatic heterocycles. The number of aliphatic hydroxyl groups is 1. The number of aliphatic hydroxyl groups excluding tert-OH is 1. The Balaban J connectivity index is 1.67. The number of hydrogen-bond acceptors (Lipinski definition) is 4. The molecule has 0 fully saturated rings. The first-order chi connectivity index (χ1) is 10.2. The van der Waals surface area contributed by atoms with E-state index in [-0.39, 0.29) is 11.5 Å². The Kier molecular flexibility index (Phi) is 5.60. The molecule has 112 valence electrons. The van der Waals surface area contributed by atoms with Crippen molar-refractivity contribution in [3.05, 3.63) is 59.7 Å². The van der Waals surface area contributed by atoms with Crippen LogP contribution in [-0.4, -0.2) is 28.4 Å². The standard InChI is InChI=1S/C17H21NO3/c19-15(14-4-2-1-3-5-14)9-11-18-10-8-13-6-7-16(20)17(21)12-13/h1-7,12,15,18-21H,8-11H2. The second-order valence-corrected chi connectivity index (χ2v) is 5.04. The molecule has 0 aromatic heterocycles. The average Bonchev–Trinajstić information content (AvgIpc) is 2.51. The maximum Gasteiger partial charge on any atom is 0.157 e. The van der Waals surface area contributed by atoms with Crippen LogP contribution >= 0.6 is 0 Å². The molecule has 0 saturated heterocycles. The number of hydrogen-bond donors (Lipinski definition) is 4. The smallest absolute Gasteiger partial charge is 0.157 e. The highest BCUT2D eigenvalue weighted by Gasteiger charge is 2.06. The van der Waals surface area contributed by atoms with Crippen molar-refractivity contribution in [1.82, 2.24) is 5.32 Å². The van der Waals surface area contributed by atoms with Gasteiger partial charge in [0.2, 0.25) is 0 Å². The molecule has 0 amide bonds. The monoisotopic (exact) mass is 287 g/mol. The van der Waals surface area contributed by atoms with Gasteiger partial charge < -0.3 is 20.6 Å². The minimum absolute atomic E-state index is 0.0907. The number of benzene rings is 2. The predicted octanol–water partition coefficient (Wildman–Crippen LogP) is 2.35. The molecule has 0 aliphatic carbocycles. The Labute approximate surface area is 124 Å². The highest BCUT2D eigenvalue weighted by molar-refractivity contribution is 5.40. The zero-order valence-electron chi connectivity index (χ0n) is 11.9. The highest BCUT2D eigenvalue weighted by Crippen LogP contribution is 2.24. The third-order valence-corrected chi connectivity index (χ3v) is 3.41. The van der Waals surface area contributed by atoms with Crippen molar-refractivity contribution < 1.29 is 15.3 Å². The first kappa shape index (κ1) is 15.4. The molecule has 0 aliphatic rings. The Morgan fingerprint density at radius 2 is 1.67 bits per heavy atom. The zero-order valence-corrected chi connectivity index (χ0v) is 11.9. The van der Waals surface area contributed by atoms with Crippen molar-refractivity contribution in [3.8, 4) is 11.5 Å². The van der Waals surface area contributed by atoms with E-state index in [4.69, 9.17) is 0 Å². The Bertz CT molecular complexity index is 557. The zero-order chi connectivity index (χ0) is 15.1. The van der Waals surface area contributed by atoms with Gasteiger partial charge in [0.15, 0.2) is 11.5 Å². The second-order valence-electron chi connectivity index (χ2n) is 5.04. The van der Waals surface area contributed by atoms with Crippen LogP contribution in [0.2, 0.25) is 0 Å². The number of rotatable bonds is 7. The van der Waals surface area contributed by atoms with Gasteiger partial charge in [0.25, 0.3) is 0 Å². The maximum absolute atomic E-state index is 10.0. The van der Waals surface area contributed by atoms with Crippen molar-refractivity contribution in [2.24, 2.45) is 0 Å². The Morgan fingerprint density at radius 1 is 0.905 bits per heavy atom. The number of phenolic OH excluding ortho intramolecular Hbond substituents is 2. The lowest BCUT2D eigenvalue weighted by Gasteiger charge is -2.11. The molecule has 1 atom stereocenters. The summed E-state index contributed by atoms with van der Waals surface area (Å²) in [6.45, 7) is 1.48. The van der Waals surface area contributed by atoms with Gasteiger partial charge in [0, 0.05) is 0 Å². The summed E-state index contributed by atoms with van der Waals surface area (Å²) < 4.78 is 0.